The molecule has 4 bridgehead atoms. The number of aryl methyl sites for hydroxylation is 1. The van der Waals surface area contributed by atoms with Crippen molar-refractivity contribution >= 4 is 15.9 Å². The molecule has 1 heterocycles. The Morgan fingerprint density at radius 1 is 0.933 bits per heavy atom. The summed E-state index contributed by atoms with van der Waals surface area (Å²) in [6, 6.07) is 7.19. The first kappa shape index (κ1) is 20.5. The first-order valence-electron chi connectivity index (χ1n) is 11.7. The Labute approximate surface area is 180 Å². The summed E-state index contributed by atoms with van der Waals surface area (Å²) in [5, 5.41) is 0. The fraction of sp³-hybridized carbons (Fsp3) is 0.708. The Morgan fingerprint density at radius 3 is 1.97 bits per heavy atom. The Kier molecular flexibility index (Phi) is 5.21. The number of sulfonamides is 1. The van der Waals surface area contributed by atoms with Gasteiger partial charge in [0.15, 0.2) is 0 Å². The summed E-state index contributed by atoms with van der Waals surface area (Å²) >= 11 is 0. The molecule has 4 aliphatic carbocycles. The average molecular weight is 431 g/mol. The predicted octanol–water partition coefficient (Wildman–Crippen LogP) is 3.69. The molecule has 1 aromatic rings. The summed E-state index contributed by atoms with van der Waals surface area (Å²) in [6.45, 7) is 3.87. The van der Waals surface area contributed by atoms with E-state index in [4.69, 9.17) is 0 Å². The van der Waals surface area contributed by atoms with Crippen molar-refractivity contribution in [2.75, 3.05) is 26.2 Å². The van der Waals surface area contributed by atoms with Gasteiger partial charge in [0.05, 0.1) is 4.90 Å². The zero-order chi connectivity index (χ0) is 20.9. The number of rotatable bonds is 5. The van der Waals surface area contributed by atoms with Gasteiger partial charge in [-0.05, 0) is 85.8 Å². The zero-order valence-electron chi connectivity index (χ0n) is 18.1. The lowest BCUT2D eigenvalue weighted by molar-refractivity contribution is -0.140. The fourth-order valence-electron chi connectivity index (χ4n) is 7.16. The van der Waals surface area contributed by atoms with Gasteiger partial charge in [-0.15, -0.1) is 0 Å². The van der Waals surface area contributed by atoms with Crippen LogP contribution >= 0.6 is 0 Å². The molecule has 5 nitrogen and oxygen atoms in total. The number of piperazine rings is 1. The van der Waals surface area contributed by atoms with Crippen LogP contribution in [0.4, 0.5) is 0 Å². The SMILES string of the molecule is CCc1ccc(S(=O)(=O)N2CCN(C(=O)CC34CC5CC(CC(C5)C3)C4)CC2)cc1. The van der Waals surface area contributed by atoms with Gasteiger partial charge in [-0.2, -0.15) is 4.31 Å². The van der Waals surface area contributed by atoms with Gasteiger partial charge in [0.25, 0.3) is 0 Å². The van der Waals surface area contributed by atoms with Crippen LogP contribution in [-0.4, -0.2) is 49.7 Å². The van der Waals surface area contributed by atoms with Crippen molar-refractivity contribution in [3.8, 4) is 0 Å². The number of carbonyl (C=O) groups excluding carboxylic acids is 1. The fourth-order valence-corrected chi connectivity index (χ4v) is 8.59. The van der Waals surface area contributed by atoms with Crippen LogP contribution in [0.5, 0.6) is 0 Å². The summed E-state index contributed by atoms with van der Waals surface area (Å²) in [5.41, 5.74) is 1.38. The largest absolute Gasteiger partial charge is 0.340 e. The minimum absolute atomic E-state index is 0.246. The molecule has 6 heteroatoms. The van der Waals surface area contributed by atoms with Gasteiger partial charge >= 0.3 is 0 Å². The van der Waals surface area contributed by atoms with Gasteiger partial charge in [0.1, 0.15) is 0 Å². The van der Waals surface area contributed by atoms with Gasteiger partial charge in [0, 0.05) is 32.6 Å². The third-order valence-electron chi connectivity index (χ3n) is 8.25. The normalized spacial score (nSPS) is 33.8. The molecule has 1 aliphatic heterocycles. The monoisotopic (exact) mass is 430 g/mol. The summed E-state index contributed by atoms with van der Waals surface area (Å²) in [4.78, 5) is 15.4. The lowest BCUT2D eigenvalue weighted by Gasteiger charge is -2.57. The summed E-state index contributed by atoms with van der Waals surface area (Å²) < 4.78 is 27.5. The quantitative estimate of drug-likeness (QED) is 0.716. The Balaban J connectivity index is 1.20. The molecule has 164 valence electrons. The topological polar surface area (TPSA) is 57.7 Å². The highest BCUT2D eigenvalue weighted by Gasteiger charge is 2.51. The summed E-state index contributed by atoms with van der Waals surface area (Å²) in [7, 11) is -3.48. The lowest BCUT2D eigenvalue weighted by Crippen LogP contribution is -2.53. The van der Waals surface area contributed by atoms with Crippen molar-refractivity contribution in [3.63, 3.8) is 0 Å². The first-order valence-corrected chi connectivity index (χ1v) is 13.2. The van der Waals surface area contributed by atoms with Crippen LogP contribution in [0.2, 0.25) is 0 Å². The highest BCUT2D eigenvalue weighted by molar-refractivity contribution is 7.89. The first-order chi connectivity index (χ1) is 14.4. The van der Waals surface area contributed by atoms with Crippen LogP contribution in [0.25, 0.3) is 0 Å². The van der Waals surface area contributed by atoms with Crippen molar-refractivity contribution in [2.24, 2.45) is 23.2 Å². The van der Waals surface area contributed by atoms with Gasteiger partial charge in [-0.25, -0.2) is 8.42 Å². The van der Waals surface area contributed by atoms with Gasteiger partial charge < -0.3 is 4.90 Å². The van der Waals surface area contributed by atoms with Crippen LogP contribution in [0.1, 0.15) is 57.4 Å². The molecule has 0 aromatic heterocycles. The third kappa shape index (κ3) is 3.70. The summed E-state index contributed by atoms with van der Waals surface area (Å²) in [6.07, 6.45) is 9.48. The van der Waals surface area contributed by atoms with E-state index in [9.17, 15) is 13.2 Å². The maximum atomic E-state index is 13.1. The van der Waals surface area contributed by atoms with Crippen LogP contribution in [0, 0.1) is 23.2 Å². The van der Waals surface area contributed by atoms with E-state index in [-0.39, 0.29) is 11.3 Å². The van der Waals surface area contributed by atoms with Crippen molar-refractivity contribution in [3.05, 3.63) is 29.8 Å². The van der Waals surface area contributed by atoms with Crippen molar-refractivity contribution in [1.82, 2.24) is 9.21 Å². The van der Waals surface area contributed by atoms with Gasteiger partial charge in [-0.3, -0.25) is 4.79 Å². The minimum Gasteiger partial charge on any atom is -0.340 e. The highest BCUT2D eigenvalue weighted by atomic mass is 32.2. The zero-order valence-corrected chi connectivity index (χ0v) is 18.9. The molecule has 4 saturated carbocycles. The number of hydrogen-bond donors (Lipinski definition) is 0. The average Bonchev–Trinajstić information content (AvgIpc) is 2.72. The number of amides is 1. The molecule has 0 radical (unpaired) electrons. The molecule has 1 aromatic carbocycles. The number of benzene rings is 1. The Hall–Kier alpha value is -1.40. The van der Waals surface area contributed by atoms with Crippen LogP contribution in [0.15, 0.2) is 29.2 Å². The van der Waals surface area contributed by atoms with Crippen LogP contribution in [0.3, 0.4) is 0 Å². The molecule has 0 atom stereocenters. The van der Waals surface area contributed by atoms with Gasteiger partial charge in [0.2, 0.25) is 15.9 Å². The van der Waals surface area contributed by atoms with E-state index in [1.165, 1.54) is 38.5 Å². The second kappa shape index (κ2) is 7.63. The number of hydrogen-bond acceptors (Lipinski definition) is 3. The third-order valence-corrected chi connectivity index (χ3v) is 10.2. The van der Waals surface area contributed by atoms with E-state index >= 15 is 0 Å². The van der Waals surface area contributed by atoms with Crippen LogP contribution < -0.4 is 0 Å². The standard InChI is InChI=1S/C24H34N2O3S/c1-2-18-3-5-22(6-4-18)30(28,29)26-9-7-25(8-10-26)23(27)17-24-14-19-11-20(15-24)13-21(12-19)16-24/h3-6,19-21H,2,7-17H2,1H3. The molecule has 5 aliphatic rings. The van der Waals surface area contributed by atoms with E-state index in [0.29, 0.717) is 37.5 Å². The number of nitrogens with zero attached hydrogens (tertiary/aromatic N) is 2. The molecular formula is C24H34N2O3S. The smallest absolute Gasteiger partial charge is 0.243 e. The van der Waals surface area contributed by atoms with E-state index in [1.54, 1.807) is 16.4 Å². The van der Waals surface area contributed by atoms with Crippen LogP contribution in [-0.2, 0) is 21.2 Å². The van der Waals surface area contributed by atoms with Crippen molar-refractivity contribution in [1.29, 1.82) is 0 Å². The van der Waals surface area contributed by atoms with E-state index < -0.39 is 10.0 Å². The minimum atomic E-state index is -3.48. The molecule has 0 N–H and O–H groups in total. The van der Waals surface area contributed by atoms with Gasteiger partial charge in [-0.1, -0.05) is 19.1 Å². The lowest BCUT2D eigenvalue weighted by atomic mass is 9.49. The molecule has 0 spiro atoms. The molecule has 1 saturated heterocycles. The molecule has 1 amide bonds. The number of carbonyl (C=O) groups is 1. The molecular weight excluding hydrogens is 396 g/mol. The van der Waals surface area contributed by atoms with E-state index in [0.717, 1.165) is 29.7 Å². The second-order valence-electron chi connectivity index (χ2n) is 10.4. The molecule has 5 fully saturated rings. The van der Waals surface area contributed by atoms with E-state index in [1.807, 2.05) is 17.0 Å². The van der Waals surface area contributed by atoms with Crippen molar-refractivity contribution in [2.45, 2.75) is 63.2 Å². The maximum absolute atomic E-state index is 13.1. The Bertz CT molecular complexity index is 866. The molecule has 6 rings (SSSR count). The molecule has 30 heavy (non-hydrogen) atoms. The summed E-state index contributed by atoms with van der Waals surface area (Å²) in [5.74, 6) is 2.81. The Morgan fingerprint density at radius 2 is 1.47 bits per heavy atom. The second-order valence-corrected chi connectivity index (χ2v) is 12.3. The molecule has 0 unspecified atom stereocenters. The van der Waals surface area contributed by atoms with E-state index in [2.05, 4.69) is 6.92 Å². The highest BCUT2D eigenvalue weighted by Crippen LogP contribution is 2.61. The maximum Gasteiger partial charge on any atom is 0.243 e. The van der Waals surface area contributed by atoms with Crippen molar-refractivity contribution < 1.29 is 13.2 Å². The predicted molar refractivity (Wildman–Crippen MR) is 116 cm³/mol.